The molecule has 2 heterocycles. The zero-order chi connectivity index (χ0) is 26.8. The molecule has 0 aliphatic carbocycles. The van der Waals surface area contributed by atoms with E-state index in [2.05, 4.69) is 0 Å². The van der Waals surface area contributed by atoms with Crippen molar-refractivity contribution < 1.29 is 14.3 Å². The maximum atomic E-state index is 13.9. The molecule has 1 aromatic heterocycles. The quantitative estimate of drug-likeness (QED) is 0.300. The van der Waals surface area contributed by atoms with Gasteiger partial charge in [-0.15, -0.1) is 0 Å². The molecule has 0 N–H and O–H groups in total. The minimum absolute atomic E-state index is 0.177. The van der Waals surface area contributed by atoms with E-state index in [9.17, 15) is 9.59 Å². The van der Waals surface area contributed by atoms with Crippen molar-refractivity contribution in [2.75, 3.05) is 13.7 Å². The van der Waals surface area contributed by atoms with Crippen LogP contribution in [0, 0.1) is 0 Å². The summed E-state index contributed by atoms with van der Waals surface area (Å²) < 4.78 is 12.9. The Morgan fingerprint density at radius 3 is 2.45 bits per heavy atom. The summed E-state index contributed by atoms with van der Waals surface area (Å²) in [7, 11) is 1.56. The van der Waals surface area contributed by atoms with Crippen LogP contribution in [-0.4, -0.2) is 24.3 Å². The van der Waals surface area contributed by atoms with Crippen molar-refractivity contribution in [3.63, 3.8) is 0 Å². The number of benzene rings is 3. The van der Waals surface area contributed by atoms with Gasteiger partial charge in [0.15, 0.2) is 4.80 Å². The lowest BCUT2D eigenvalue weighted by molar-refractivity contribution is -0.138. The van der Waals surface area contributed by atoms with Gasteiger partial charge >= 0.3 is 5.97 Å². The molecule has 0 bridgehead atoms. The van der Waals surface area contributed by atoms with E-state index in [-0.39, 0.29) is 17.7 Å². The van der Waals surface area contributed by atoms with Crippen LogP contribution >= 0.6 is 34.5 Å². The SMILES string of the molecule is CCOC(=O)C1=C(c2ccccc2)N=c2s/c(=C\c3cc(Cl)ccc3OC)c(=O)n2[C@H]1c1ccc(Cl)cc1. The van der Waals surface area contributed by atoms with Crippen molar-refractivity contribution in [2.24, 2.45) is 4.99 Å². The number of halogens is 2. The van der Waals surface area contributed by atoms with Crippen LogP contribution in [0.5, 0.6) is 5.75 Å². The Morgan fingerprint density at radius 1 is 1.05 bits per heavy atom. The first kappa shape index (κ1) is 26.0. The molecule has 6 nitrogen and oxygen atoms in total. The number of carbonyl (C=O) groups is 1. The van der Waals surface area contributed by atoms with Gasteiger partial charge in [-0.3, -0.25) is 9.36 Å². The van der Waals surface area contributed by atoms with Gasteiger partial charge in [-0.1, -0.05) is 77.0 Å². The molecule has 0 radical (unpaired) electrons. The maximum absolute atomic E-state index is 13.9. The van der Waals surface area contributed by atoms with E-state index in [4.69, 9.17) is 37.7 Å². The molecular formula is C29H22Cl2N2O4S. The van der Waals surface area contributed by atoms with Crippen LogP contribution in [-0.2, 0) is 9.53 Å². The molecule has 38 heavy (non-hydrogen) atoms. The Bertz CT molecular complexity index is 1730. The molecule has 9 heteroatoms. The number of rotatable bonds is 6. The summed E-state index contributed by atoms with van der Waals surface area (Å²) in [5, 5.41) is 1.05. The molecule has 1 aliphatic heterocycles. The first-order chi connectivity index (χ1) is 18.4. The molecule has 3 aromatic carbocycles. The van der Waals surface area contributed by atoms with E-state index in [1.165, 1.54) is 15.9 Å². The molecule has 0 saturated carbocycles. The number of fused-ring (bicyclic) bond motifs is 1. The van der Waals surface area contributed by atoms with Crippen LogP contribution < -0.4 is 19.6 Å². The molecule has 5 rings (SSSR count). The normalized spacial score (nSPS) is 15.2. The Hall–Kier alpha value is -3.65. The van der Waals surface area contributed by atoms with E-state index >= 15 is 0 Å². The highest BCUT2D eigenvalue weighted by Crippen LogP contribution is 2.35. The number of nitrogens with zero attached hydrogens (tertiary/aromatic N) is 2. The van der Waals surface area contributed by atoms with Gasteiger partial charge in [0.25, 0.3) is 5.56 Å². The van der Waals surface area contributed by atoms with Crippen molar-refractivity contribution in [3.05, 3.63) is 125 Å². The third-order valence-electron chi connectivity index (χ3n) is 6.04. The largest absolute Gasteiger partial charge is 0.496 e. The summed E-state index contributed by atoms with van der Waals surface area (Å²) in [4.78, 5) is 32.7. The number of ether oxygens (including phenoxy) is 2. The van der Waals surface area contributed by atoms with Gasteiger partial charge in [-0.05, 0) is 48.9 Å². The lowest BCUT2D eigenvalue weighted by atomic mass is 9.93. The Balaban J connectivity index is 1.84. The second-order valence-corrected chi connectivity index (χ2v) is 10.3. The van der Waals surface area contributed by atoms with Crippen LogP contribution in [0.1, 0.15) is 29.7 Å². The highest BCUT2D eigenvalue weighted by atomic mass is 35.5. The third-order valence-corrected chi connectivity index (χ3v) is 7.51. The average molecular weight is 565 g/mol. The van der Waals surface area contributed by atoms with Crippen LogP contribution in [0.2, 0.25) is 10.0 Å². The van der Waals surface area contributed by atoms with Gasteiger partial charge in [-0.25, -0.2) is 9.79 Å². The van der Waals surface area contributed by atoms with E-state index in [1.54, 1.807) is 62.6 Å². The fraction of sp³-hybridized carbons (Fsp3) is 0.138. The van der Waals surface area contributed by atoms with Crippen molar-refractivity contribution in [3.8, 4) is 5.75 Å². The van der Waals surface area contributed by atoms with Crippen molar-refractivity contribution >= 4 is 52.3 Å². The van der Waals surface area contributed by atoms with Gasteiger partial charge in [0.1, 0.15) is 5.75 Å². The first-order valence-corrected chi connectivity index (χ1v) is 13.4. The number of thiazole rings is 1. The summed E-state index contributed by atoms with van der Waals surface area (Å²) in [6.07, 6.45) is 1.73. The lowest BCUT2D eigenvalue weighted by Crippen LogP contribution is -2.40. The summed E-state index contributed by atoms with van der Waals surface area (Å²) >= 11 is 13.6. The summed E-state index contributed by atoms with van der Waals surface area (Å²) in [5.74, 6) is 0.0347. The molecule has 0 unspecified atom stereocenters. The van der Waals surface area contributed by atoms with Gasteiger partial charge in [0.05, 0.1) is 35.6 Å². The number of carbonyl (C=O) groups excluding carboxylic acids is 1. The predicted molar refractivity (Wildman–Crippen MR) is 151 cm³/mol. The molecule has 1 atom stereocenters. The lowest BCUT2D eigenvalue weighted by Gasteiger charge is -2.25. The van der Waals surface area contributed by atoms with Gasteiger partial charge in [-0.2, -0.15) is 0 Å². The first-order valence-electron chi connectivity index (χ1n) is 11.8. The van der Waals surface area contributed by atoms with E-state index in [1.807, 2.05) is 30.3 Å². The highest BCUT2D eigenvalue weighted by molar-refractivity contribution is 7.07. The smallest absolute Gasteiger partial charge is 0.338 e. The van der Waals surface area contributed by atoms with Gasteiger partial charge in [0, 0.05) is 21.2 Å². The Kier molecular flexibility index (Phi) is 7.51. The Morgan fingerprint density at radius 2 is 1.76 bits per heavy atom. The van der Waals surface area contributed by atoms with Gasteiger partial charge in [0.2, 0.25) is 0 Å². The molecule has 0 amide bonds. The Labute approximate surface area is 232 Å². The second-order valence-electron chi connectivity index (χ2n) is 8.37. The molecule has 0 saturated heterocycles. The predicted octanol–water partition coefficient (Wildman–Crippen LogP) is 5.25. The molecular weight excluding hydrogens is 543 g/mol. The van der Waals surface area contributed by atoms with Crippen molar-refractivity contribution in [1.82, 2.24) is 4.57 Å². The minimum atomic E-state index is -0.777. The number of methoxy groups -OCH3 is 1. The number of esters is 1. The second kappa shape index (κ2) is 11.0. The topological polar surface area (TPSA) is 69.9 Å². The number of hydrogen-bond donors (Lipinski definition) is 0. The zero-order valence-corrected chi connectivity index (χ0v) is 22.8. The molecule has 0 spiro atoms. The van der Waals surface area contributed by atoms with Gasteiger partial charge < -0.3 is 9.47 Å². The zero-order valence-electron chi connectivity index (χ0n) is 20.5. The van der Waals surface area contributed by atoms with E-state index in [0.717, 1.165) is 5.56 Å². The van der Waals surface area contributed by atoms with Crippen LogP contribution in [0.25, 0.3) is 11.8 Å². The molecule has 0 fully saturated rings. The number of hydrogen-bond acceptors (Lipinski definition) is 6. The van der Waals surface area contributed by atoms with Crippen LogP contribution in [0.15, 0.2) is 88.2 Å². The minimum Gasteiger partial charge on any atom is -0.496 e. The van der Waals surface area contributed by atoms with Crippen molar-refractivity contribution in [2.45, 2.75) is 13.0 Å². The van der Waals surface area contributed by atoms with E-state index in [0.29, 0.717) is 42.0 Å². The maximum Gasteiger partial charge on any atom is 0.338 e. The number of aromatic nitrogens is 1. The highest BCUT2D eigenvalue weighted by Gasteiger charge is 2.35. The molecule has 4 aromatic rings. The summed E-state index contributed by atoms with van der Waals surface area (Å²) in [6.45, 7) is 1.92. The van der Waals surface area contributed by atoms with Crippen LogP contribution in [0.3, 0.4) is 0 Å². The fourth-order valence-corrected chi connectivity index (χ4v) is 5.66. The van der Waals surface area contributed by atoms with Crippen LogP contribution in [0.4, 0.5) is 0 Å². The summed E-state index contributed by atoms with van der Waals surface area (Å²) in [6, 6.07) is 20.9. The molecule has 1 aliphatic rings. The monoisotopic (exact) mass is 564 g/mol. The third kappa shape index (κ3) is 4.92. The standard InChI is InChI=1S/C29H22Cl2N2O4S/c1-3-37-28(35)24-25(17-7-5-4-6-8-17)32-29-33(26(24)18-9-11-20(30)12-10-18)27(34)23(38-29)16-19-15-21(31)13-14-22(19)36-2/h4-16,26H,3H2,1-2H3/b23-16-/t26-/m0/s1. The molecule has 192 valence electrons. The van der Waals surface area contributed by atoms with Crippen molar-refractivity contribution in [1.29, 1.82) is 0 Å². The average Bonchev–Trinajstić information content (AvgIpc) is 3.23. The van der Waals surface area contributed by atoms with E-state index < -0.39 is 12.0 Å². The summed E-state index contributed by atoms with van der Waals surface area (Å²) in [5.41, 5.74) is 2.53. The fourth-order valence-electron chi connectivity index (χ4n) is 4.36.